The molecule has 170 valence electrons. The zero-order valence-corrected chi connectivity index (χ0v) is 17.9. The number of aliphatic hydroxyl groups excluding tert-OH is 1. The minimum Gasteiger partial charge on any atom is -0.465 e. The summed E-state index contributed by atoms with van der Waals surface area (Å²) in [6, 6.07) is -1.57. The molecule has 10 heteroatoms. The van der Waals surface area contributed by atoms with Crippen molar-refractivity contribution in [2.45, 2.75) is 70.5 Å². The fourth-order valence-electron chi connectivity index (χ4n) is 4.42. The Morgan fingerprint density at radius 3 is 2.37 bits per heavy atom. The van der Waals surface area contributed by atoms with E-state index in [4.69, 9.17) is 5.11 Å². The van der Waals surface area contributed by atoms with E-state index in [1.807, 2.05) is 13.8 Å². The molecule has 2 saturated heterocycles. The number of carbonyl (C=O) groups excluding carboxylic acids is 3. The summed E-state index contributed by atoms with van der Waals surface area (Å²) >= 11 is 0. The van der Waals surface area contributed by atoms with Gasteiger partial charge in [0.1, 0.15) is 6.04 Å². The molecule has 0 saturated carbocycles. The summed E-state index contributed by atoms with van der Waals surface area (Å²) in [6.07, 6.45) is 1.27. The number of carboxylic acid groups (broad SMARTS) is 1. The molecule has 1 spiro atoms. The second kappa shape index (κ2) is 10.1. The Balaban J connectivity index is 1.95. The third kappa shape index (κ3) is 6.32. The van der Waals surface area contributed by atoms with Gasteiger partial charge in [-0.25, -0.2) is 4.79 Å². The predicted molar refractivity (Wildman–Crippen MR) is 109 cm³/mol. The Bertz CT molecular complexity index is 660. The molecule has 30 heavy (non-hydrogen) atoms. The molecule has 4 amide bonds. The molecule has 3 unspecified atom stereocenters. The summed E-state index contributed by atoms with van der Waals surface area (Å²) in [5, 5.41) is 26.7. The van der Waals surface area contributed by atoms with Gasteiger partial charge in [-0.15, -0.1) is 0 Å². The number of hydrogen-bond acceptors (Lipinski definition) is 5. The SMILES string of the molecule is CC(=O)N1CCC2(CC1)CC(CC(CO)NC(=O)C(CC(C)C)NC(=O)O)C(=O)N2. The summed E-state index contributed by atoms with van der Waals surface area (Å²) in [4.78, 5) is 49.4. The summed E-state index contributed by atoms with van der Waals surface area (Å²) in [7, 11) is 0. The first kappa shape index (κ1) is 23.9. The standard InChI is InChI=1S/C20H34N4O6/c1-12(2)8-16(22-19(29)30)18(28)21-15(11-25)9-14-10-20(23-17(14)27)4-6-24(7-5-20)13(3)26/h12,14-16,22,25H,4-11H2,1-3H3,(H,21,28)(H,23,27)(H,29,30). The molecule has 0 bridgehead atoms. The topological polar surface area (TPSA) is 148 Å². The van der Waals surface area contributed by atoms with Crippen molar-refractivity contribution in [3.63, 3.8) is 0 Å². The van der Waals surface area contributed by atoms with Crippen LogP contribution in [0.2, 0.25) is 0 Å². The molecule has 3 atom stereocenters. The van der Waals surface area contributed by atoms with E-state index in [1.165, 1.54) is 6.92 Å². The molecule has 0 aromatic heterocycles. The summed E-state index contributed by atoms with van der Waals surface area (Å²) in [6.45, 7) is 6.15. The first-order valence-corrected chi connectivity index (χ1v) is 10.5. The summed E-state index contributed by atoms with van der Waals surface area (Å²) in [5.74, 6) is -0.849. The van der Waals surface area contributed by atoms with Crippen molar-refractivity contribution in [1.82, 2.24) is 20.9 Å². The van der Waals surface area contributed by atoms with Crippen molar-refractivity contribution in [3.8, 4) is 0 Å². The maximum atomic E-state index is 12.5. The molecule has 0 aromatic carbocycles. The van der Waals surface area contributed by atoms with E-state index in [-0.39, 0.29) is 42.2 Å². The molecular weight excluding hydrogens is 392 g/mol. The highest BCUT2D eigenvalue weighted by Crippen LogP contribution is 2.36. The molecule has 2 heterocycles. The van der Waals surface area contributed by atoms with E-state index in [1.54, 1.807) is 4.90 Å². The maximum Gasteiger partial charge on any atom is 0.405 e. The number of amides is 4. The number of nitrogens with zero attached hydrogens (tertiary/aromatic N) is 1. The highest BCUT2D eigenvalue weighted by molar-refractivity contribution is 5.86. The van der Waals surface area contributed by atoms with Crippen LogP contribution in [0.5, 0.6) is 0 Å². The van der Waals surface area contributed by atoms with Gasteiger partial charge in [-0.1, -0.05) is 13.8 Å². The minimum atomic E-state index is -1.29. The van der Waals surface area contributed by atoms with Crippen molar-refractivity contribution in [3.05, 3.63) is 0 Å². The van der Waals surface area contributed by atoms with Gasteiger partial charge in [0.15, 0.2) is 0 Å². The average molecular weight is 427 g/mol. The molecule has 0 aliphatic carbocycles. The molecule has 0 aromatic rings. The third-order valence-electron chi connectivity index (χ3n) is 6.02. The van der Waals surface area contributed by atoms with E-state index in [2.05, 4.69) is 16.0 Å². The Morgan fingerprint density at radius 1 is 1.23 bits per heavy atom. The quantitative estimate of drug-likeness (QED) is 0.370. The summed E-state index contributed by atoms with van der Waals surface area (Å²) in [5.41, 5.74) is -0.344. The molecule has 5 N–H and O–H groups in total. The Morgan fingerprint density at radius 2 is 1.87 bits per heavy atom. The monoisotopic (exact) mass is 426 g/mol. The van der Waals surface area contributed by atoms with Gasteiger partial charge in [0.2, 0.25) is 17.7 Å². The molecule has 2 fully saturated rings. The lowest BCUT2D eigenvalue weighted by Crippen LogP contribution is -2.51. The normalized spacial score (nSPS) is 22.5. The van der Waals surface area contributed by atoms with Crippen molar-refractivity contribution in [2.75, 3.05) is 19.7 Å². The molecular formula is C20H34N4O6. The summed E-state index contributed by atoms with van der Waals surface area (Å²) < 4.78 is 0. The van der Waals surface area contributed by atoms with Crippen LogP contribution in [0.25, 0.3) is 0 Å². The number of aliphatic hydroxyl groups is 1. The van der Waals surface area contributed by atoms with Crippen molar-refractivity contribution < 1.29 is 29.4 Å². The van der Waals surface area contributed by atoms with Crippen LogP contribution in [0.3, 0.4) is 0 Å². The van der Waals surface area contributed by atoms with Crippen LogP contribution in [0.1, 0.15) is 52.9 Å². The third-order valence-corrected chi connectivity index (χ3v) is 6.02. The first-order chi connectivity index (χ1) is 14.0. The molecule has 10 nitrogen and oxygen atoms in total. The van der Waals surface area contributed by atoms with Gasteiger partial charge >= 0.3 is 6.09 Å². The minimum absolute atomic E-state index is 0.0275. The highest BCUT2D eigenvalue weighted by atomic mass is 16.4. The van der Waals surface area contributed by atoms with Crippen LogP contribution in [-0.2, 0) is 14.4 Å². The van der Waals surface area contributed by atoms with Crippen molar-refractivity contribution in [1.29, 1.82) is 0 Å². The van der Waals surface area contributed by atoms with Crippen LogP contribution in [-0.4, -0.2) is 76.2 Å². The zero-order valence-electron chi connectivity index (χ0n) is 17.9. The Hall–Kier alpha value is -2.36. The van der Waals surface area contributed by atoms with Crippen LogP contribution in [0, 0.1) is 11.8 Å². The number of carbonyl (C=O) groups is 4. The first-order valence-electron chi connectivity index (χ1n) is 10.5. The molecule has 2 aliphatic rings. The lowest BCUT2D eigenvalue weighted by atomic mass is 9.82. The van der Waals surface area contributed by atoms with Gasteiger partial charge in [-0.3, -0.25) is 14.4 Å². The maximum absolute atomic E-state index is 12.5. The van der Waals surface area contributed by atoms with E-state index < -0.39 is 24.1 Å². The van der Waals surface area contributed by atoms with Gasteiger partial charge in [0.25, 0.3) is 0 Å². The molecule has 0 radical (unpaired) electrons. The lowest BCUT2D eigenvalue weighted by molar-refractivity contribution is -0.130. The van der Waals surface area contributed by atoms with E-state index in [9.17, 15) is 24.3 Å². The fourth-order valence-corrected chi connectivity index (χ4v) is 4.42. The average Bonchev–Trinajstić information content (AvgIpc) is 2.94. The number of piperidine rings is 1. The second-order valence-corrected chi connectivity index (χ2v) is 8.93. The van der Waals surface area contributed by atoms with Crippen LogP contribution >= 0.6 is 0 Å². The highest BCUT2D eigenvalue weighted by Gasteiger charge is 2.46. The predicted octanol–water partition coefficient (Wildman–Crippen LogP) is 0.0531. The number of nitrogens with one attached hydrogen (secondary N) is 3. The van der Waals surface area contributed by atoms with Gasteiger partial charge in [0, 0.05) is 31.5 Å². The van der Waals surface area contributed by atoms with Gasteiger partial charge in [0.05, 0.1) is 12.6 Å². The van der Waals surface area contributed by atoms with Crippen LogP contribution in [0.4, 0.5) is 4.79 Å². The van der Waals surface area contributed by atoms with Crippen LogP contribution in [0.15, 0.2) is 0 Å². The van der Waals surface area contributed by atoms with Gasteiger partial charge in [-0.2, -0.15) is 0 Å². The van der Waals surface area contributed by atoms with Crippen molar-refractivity contribution in [2.24, 2.45) is 11.8 Å². The number of likely N-dealkylation sites (tertiary alicyclic amines) is 1. The van der Waals surface area contributed by atoms with E-state index >= 15 is 0 Å². The second-order valence-electron chi connectivity index (χ2n) is 8.93. The van der Waals surface area contributed by atoms with E-state index in [0.717, 1.165) is 0 Å². The van der Waals surface area contributed by atoms with Gasteiger partial charge < -0.3 is 31.1 Å². The van der Waals surface area contributed by atoms with Crippen molar-refractivity contribution >= 4 is 23.8 Å². The Labute approximate surface area is 176 Å². The smallest absolute Gasteiger partial charge is 0.405 e. The lowest BCUT2D eigenvalue weighted by Gasteiger charge is -2.39. The molecule has 2 aliphatic heterocycles. The largest absolute Gasteiger partial charge is 0.465 e. The Kier molecular flexibility index (Phi) is 8.05. The van der Waals surface area contributed by atoms with Crippen LogP contribution < -0.4 is 16.0 Å². The zero-order chi connectivity index (χ0) is 22.5. The fraction of sp³-hybridized carbons (Fsp3) is 0.800. The number of rotatable bonds is 8. The van der Waals surface area contributed by atoms with E-state index in [0.29, 0.717) is 38.8 Å². The van der Waals surface area contributed by atoms with Gasteiger partial charge in [-0.05, 0) is 38.0 Å². The number of hydrogen-bond donors (Lipinski definition) is 5. The molecule has 2 rings (SSSR count).